The monoisotopic (exact) mass is 376 g/mol. The maximum atomic E-state index is 12.6. The molecule has 150 valence electrons. The summed E-state index contributed by atoms with van der Waals surface area (Å²) in [4.78, 5) is 28.8. The predicted octanol–water partition coefficient (Wildman–Crippen LogP) is 1.01. The number of carbonyl (C=O) groups excluding carboxylic acids is 2. The van der Waals surface area contributed by atoms with E-state index in [2.05, 4.69) is 34.5 Å². The molecule has 0 bridgehead atoms. The van der Waals surface area contributed by atoms with E-state index in [-0.39, 0.29) is 18.2 Å². The van der Waals surface area contributed by atoms with E-state index in [4.69, 9.17) is 4.74 Å². The minimum atomic E-state index is -0.419. The van der Waals surface area contributed by atoms with Gasteiger partial charge >= 0.3 is 0 Å². The van der Waals surface area contributed by atoms with Crippen LogP contribution in [0.1, 0.15) is 31.9 Å². The summed E-state index contributed by atoms with van der Waals surface area (Å²) in [5.41, 5.74) is 0.819. The molecule has 0 radical (unpaired) electrons. The molecule has 2 atom stereocenters. The number of para-hydroxylation sites is 1. The molecule has 1 heterocycles. The molecular weight excluding hydrogens is 344 g/mol. The fourth-order valence-electron chi connectivity index (χ4n) is 3.35. The van der Waals surface area contributed by atoms with Crippen LogP contribution in [-0.4, -0.2) is 74.5 Å². The standard InChI is InChI=1S/C20H32N4O3/c1-5-27-19-9-7-6-8-17(19)18(22-15(2)25)12-20(26)21-13-16-14-23(3)10-11-24(16)4/h6-9,16,18H,5,10-14H2,1-4H3,(H,21,26)(H,22,25). The molecule has 7 heteroatoms. The molecule has 1 aromatic carbocycles. The van der Waals surface area contributed by atoms with Crippen molar-refractivity contribution in [2.75, 3.05) is 46.9 Å². The van der Waals surface area contributed by atoms with Gasteiger partial charge in [-0.15, -0.1) is 0 Å². The van der Waals surface area contributed by atoms with Crippen molar-refractivity contribution in [3.63, 3.8) is 0 Å². The van der Waals surface area contributed by atoms with Crippen LogP contribution < -0.4 is 15.4 Å². The Bertz CT molecular complexity index is 637. The van der Waals surface area contributed by atoms with Crippen molar-refractivity contribution in [3.8, 4) is 5.75 Å². The average molecular weight is 377 g/mol. The second-order valence-electron chi connectivity index (χ2n) is 7.13. The zero-order valence-corrected chi connectivity index (χ0v) is 16.8. The third kappa shape index (κ3) is 6.52. The smallest absolute Gasteiger partial charge is 0.222 e. The van der Waals surface area contributed by atoms with Gasteiger partial charge in [0.15, 0.2) is 0 Å². The van der Waals surface area contributed by atoms with Gasteiger partial charge in [0.05, 0.1) is 19.1 Å². The van der Waals surface area contributed by atoms with E-state index in [1.54, 1.807) is 0 Å². The van der Waals surface area contributed by atoms with E-state index in [1.807, 2.05) is 31.2 Å². The first kappa shape index (κ1) is 21.2. The highest BCUT2D eigenvalue weighted by atomic mass is 16.5. The Hall–Kier alpha value is -2.12. The van der Waals surface area contributed by atoms with Gasteiger partial charge in [-0.05, 0) is 27.1 Å². The highest BCUT2D eigenvalue weighted by Crippen LogP contribution is 2.27. The summed E-state index contributed by atoms with van der Waals surface area (Å²) in [6.07, 6.45) is 0.177. The van der Waals surface area contributed by atoms with E-state index in [0.717, 1.165) is 25.2 Å². The van der Waals surface area contributed by atoms with E-state index in [9.17, 15) is 9.59 Å². The zero-order chi connectivity index (χ0) is 19.8. The topological polar surface area (TPSA) is 73.9 Å². The quantitative estimate of drug-likeness (QED) is 0.709. The van der Waals surface area contributed by atoms with Crippen LogP contribution in [0.15, 0.2) is 24.3 Å². The number of ether oxygens (including phenoxy) is 1. The lowest BCUT2D eigenvalue weighted by Gasteiger charge is -2.37. The molecule has 27 heavy (non-hydrogen) atoms. The van der Waals surface area contributed by atoms with Crippen molar-refractivity contribution in [1.29, 1.82) is 0 Å². The second-order valence-corrected chi connectivity index (χ2v) is 7.13. The number of hydrogen-bond donors (Lipinski definition) is 2. The Morgan fingerprint density at radius 3 is 2.70 bits per heavy atom. The number of nitrogens with zero attached hydrogens (tertiary/aromatic N) is 2. The first-order valence-electron chi connectivity index (χ1n) is 9.55. The lowest BCUT2D eigenvalue weighted by molar-refractivity contribution is -0.123. The van der Waals surface area contributed by atoms with Crippen molar-refractivity contribution in [2.24, 2.45) is 0 Å². The van der Waals surface area contributed by atoms with Crippen LogP contribution >= 0.6 is 0 Å². The van der Waals surface area contributed by atoms with E-state index >= 15 is 0 Å². The van der Waals surface area contributed by atoms with Crippen molar-refractivity contribution in [3.05, 3.63) is 29.8 Å². The maximum Gasteiger partial charge on any atom is 0.222 e. The molecule has 0 aromatic heterocycles. The number of piperazine rings is 1. The maximum absolute atomic E-state index is 12.6. The van der Waals surface area contributed by atoms with Crippen LogP contribution in [0.3, 0.4) is 0 Å². The summed E-state index contributed by atoms with van der Waals surface area (Å²) >= 11 is 0. The highest BCUT2D eigenvalue weighted by Gasteiger charge is 2.24. The van der Waals surface area contributed by atoms with Gasteiger partial charge in [0, 0.05) is 44.7 Å². The Balaban J connectivity index is 2.01. The van der Waals surface area contributed by atoms with Crippen LogP contribution in [0, 0.1) is 0 Å². The molecular formula is C20H32N4O3. The fraction of sp³-hybridized carbons (Fsp3) is 0.600. The van der Waals surface area contributed by atoms with E-state index in [0.29, 0.717) is 24.9 Å². The second kappa shape index (κ2) is 10.3. The Morgan fingerprint density at radius 1 is 1.26 bits per heavy atom. The van der Waals surface area contributed by atoms with Gasteiger partial charge < -0.3 is 20.3 Å². The van der Waals surface area contributed by atoms with Crippen LogP contribution in [-0.2, 0) is 9.59 Å². The number of carbonyl (C=O) groups is 2. The van der Waals surface area contributed by atoms with Crippen molar-refractivity contribution in [1.82, 2.24) is 20.4 Å². The van der Waals surface area contributed by atoms with Crippen molar-refractivity contribution < 1.29 is 14.3 Å². The number of benzene rings is 1. The van der Waals surface area contributed by atoms with Gasteiger partial charge in [0.25, 0.3) is 0 Å². The molecule has 2 rings (SSSR count). The van der Waals surface area contributed by atoms with Crippen molar-refractivity contribution >= 4 is 11.8 Å². The molecule has 7 nitrogen and oxygen atoms in total. The molecule has 0 spiro atoms. The number of hydrogen-bond acceptors (Lipinski definition) is 5. The average Bonchev–Trinajstić information content (AvgIpc) is 2.62. The Kier molecular flexibility index (Phi) is 8.06. The van der Waals surface area contributed by atoms with Gasteiger partial charge in [-0.3, -0.25) is 14.5 Å². The molecule has 0 aliphatic carbocycles. The van der Waals surface area contributed by atoms with E-state index in [1.165, 1.54) is 6.92 Å². The Labute approximate surface area is 162 Å². The molecule has 0 saturated carbocycles. The van der Waals surface area contributed by atoms with Crippen LogP contribution in [0.25, 0.3) is 0 Å². The minimum Gasteiger partial charge on any atom is -0.494 e. The lowest BCUT2D eigenvalue weighted by Crippen LogP contribution is -2.54. The summed E-state index contributed by atoms with van der Waals surface area (Å²) in [7, 11) is 4.18. The predicted molar refractivity (Wildman–Crippen MR) is 106 cm³/mol. The molecule has 1 aliphatic heterocycles. The third-order valence-electron chi connectivity index (χ3n) is 4.88. The normalized spacial score (nSPS) is 19.3. The van der Waals surface area contributed by atoms with Crippen LogP contribution in [0.5, 0.6) is 5.75 Å². The van der Waals surface area contributed by atoms with Crippen molar-refractivity contribution in [2.45, 2.75) is 32.4 Å². The van der Waals surface area contributed by atoms with Crippen LogP contribution in [0.2, 0.25) is 0 Å². The largest absolute Gasteiger partial charge is 0.494 e. The molecule has 2 N–H and O–H groups in total. The molecule has 2 amide bonds. The molecule has 1 aromatic rings. The number of likely N-dealkylation sites (N-methyl/N-ethyl adjacent to an activating group) is 2. The van der Waals surface area contributed by atoms with Gasteiger partial charge in [0.1, 0.15) is 5.75 Å². The number of amides is 2. The molecule has 1 saturated heterocycles. The van der Waals surface area contributed by atoms with Crippen LogP contribution in [0.4, 0.5) is 0 Å². The highest BCUT2D eigenvalue weighted by molar-refractivity contribution is 5.79. The summed E-state index contributed by atoms with van der Waals surface area (Å²) < 4.78 is 5.67. The van der Waals surface area contributed by atoms with Gasteiger partial charge in [-0.2, -0.15) is 0 Å². The number of nitrogens with one attached hydrogen (secondary N) is 2. The third-order valence-corrected chi connectivity index (χ3v) is 4.88. The molecule has 2 unspecified atom stereocenters. The zero-order valence-electron chi connectivity index (χ0n) is 16.8. The number of rotatable bonds is 8. The lowest BCUT2D eigenvalue weighted by atomic mass is 10.0. The van der Waals surface area contributed by atoms with E-state index < -0.39 is 6.04 Å². The van der Waals surface area contributed by atoms with Gasteiger partial charge in [-0.1, -0.05) is 18.2 Å². The first-order valence-corrected chi connectivity index (χ1v) is 9.55. The minimum absolute atomic E-state index is 0.0818. The SMILES string of the molecule is CCOc1ccccc1C(CC(=O)NCC1CN(C)CCN1C)NC(C)=O. The summed E-state index contributed by atoms with van der Waals surface area (Å²) in [6.45, 7) is 7.46. The Morgan fingerprint density at radius 2 is 2.00 bits per heavy atom. The molecule has 1 aliphatic rings. The summed E-state index contributed by atoms with van der Waals surface area (Å²) in [6, 6.07) is 7.40. The first-order chi connectivity index (χ1) is 12.9. The molecule has 1 fully saturated rings. The summed E-state index contributed by atoms with van der Waals surface area (Å²) in [5, 5.41) is 5.91. The fourth-order valence-corrected chi connectivity index (χ4v) is 3.35. The summed E-state index contributed by atoms with van der Waals surface area (Å²) in [5.74, 6) is 0.439. The van der Waals surface area contributed by atoms with Gasteiger partial charge in [0.2, 0.25) is 11.8 Å². The van der Waals surface area contributed by atoms with Gasteiger partial charge in [-0.25, -0.2) is 0 Å².